The predicted molar refractivity (Wildman–Crippen MR) is 63.2 cm³/mol. The van der Waals surface area contributed by atoms with E-state index in [0.29, 0.717) is 11.4 Å². The van der Waals surface area contributed by atoms with Crippen molar-refractivity contribution in [2.45, 2.75) is 6.54 Å². The smallest absolute Gasteiger partial charge is 0.129 e. The minimum atomic E-state index is 0.191. The first-order valence-electron chi connectivity index (χ1n) is 4.52. The lowest BCUT2D eigenvalue weighted by Crippen LogP contribution is -1.94. The lowest BCUT2D eigenvalue weighted by atomic mass is 10.1. The first kappa shape index (κ1) is 10.6. The molecule has 1 heterocycles. The summed E-state index contributed by atoms with van der Waals surface area (Å²) in [6, 6.07) is 7.52. The van der Waals surface area contributed by atoms with E-state index in [1.807, 2.05) is 24.3 Å². The second-order valence-electron chi connectivity index (χ2n) is 3.23. The van der Waals surface area contributed by atoms with E-state index in [1.165, 1.54) is 4.68 Å². The van der Waals surface area contributed by atoms with Gasteiger partial charge in [-0.05, 0) is 18.2 Å². The first-order valence-corrected chi connectivity index (χ1v) is 5.32. The van der Waals surface area contributed by atoms with Crippen LogP contribution in [-0.2, 0) is 6.54 Å². The van der Waals surface area contributed by atoms with Crippen LogP contribution in [0, 0.1) is 11.3 Å². The molecular formula is C10H8BrN5. The highest BCUT2D eigenvalue weighted by Crippen LogP contribution is 2.24. The molecule has 0 fully saturated rings. The Morgan fingerprint density at radius 1 is 1.44 bits per heavy atom. The average Bonchev–Trinajstić information content (AvgIpc) is 2.65. The molecule has 0 aliphatic heterocycles. The van der Waals surface area contributed by atoms with E-state index < -0.39 is 0 Å². The molecule has 0 saturated carbocycles. The second-order valence-corrected chi connectivity index (χ2v) is 4.15. The molecule has 0 bridgehead atoms. The lowest BCUT2D eigenvalue weighted by Gasteiger charge is -1.99. The molecule has 0 saturated heterocycles. The first-order chi connectivity index (χ1) is 7.69. The fourth-order valence-corrected chi connectivity index (χ4v) is 1.85. The highest BCUT2D eigenvalue weighted by Gasteiger charge is 2.05. The van der Waals surface area contributed by atoms with E-state index in [1.54, 1.807) is 6.20 Å². The molecule has 0 atom stereocenters. The Labute approximate surface area is 101 Å². The summed E-state index contributed by atoms with van der Waals surface area (Å²) in [6.45, 7) is 0.191. The monoisotopic (exact) mass is 277 g/mol. The number of anilines is 1. The van der Waals surface area contributed by atoms with Crippen LogP contribution in [0.2, 0.25) is 0 Å². The molecular weight excluding hydrogens is 270 g/mol. The van der Waals surface area contributed by atoms with E-state index >= 15 is 0 Å². The maximum absolute atomic E-state index is 8.52. The summed E-state index contributed by atoms with van der Waals surface area (Å²) < 4.78 is 2.37. The molecule has 16 heavy (non-hydrogen) atoms. The number of nitrogens with zero attached hydrogens (tertiary/aromatic N) is 4. The van der Waals surface area contributed by atoms with Crippen molar-refractivity contribution < 1.29 is 0 Å². The molecule has 2 N–H and O–H groups in total. The molecule has 80 valence electrons. The van der Waals surface area contributed by atoms with Gasteiger partial charge in [-0.1, -0.05) is 21.1 Å². The normalized spacial score (nSPS) is 10.0. The zero-order chi connectivity index (χ0) is 11.5. The molecule has 0 aliphatic carbocycles. The van der Waals surface area contributed by atoms with E-state index in [0.717, 1.165) is 10.0 Å². The van der Waals surface area contributed by atoms with E-state index in [-0.39, 0.29) is 6.54 Å². The highest BCUT2D eigenvalue weighted by molar-refractivity contribution is 9.10. The van der Waals surface area contributed by atoms with Gasteiger partial charge >= 0.3 is 0 Å². The van der Waals surface area contributed by atoms with Gasteiger partial charge in [-0.2, -0.15) is 5.26 Å². The predicted octanol–water partition coefficient (Wildman–Crippen LogP) is 1.81. The van der Waals surface area contributed by atoms with Crippen molar-refractivity contribution >= 4 is 21.6 Å². The van der Waals surface area contributed by atoms with Crippen molar-refractivity contribution in [3.8, 4) is 17.3 Å². The summed E-state index contributed by atoms with van der Waals surface area (Å²) >= 11 is 3.36. The third-order valence-corrected chi connectivity index (χ3v) is 2.45. The summed E-state index contributed by atoms with van der Waals surface area (Å²) in [4.78, 5) is 0. The van der Waals surface area contributed by atoms with Crippen LogP contribution in [0.4, 0.5) is 5.69 Å². The van der Waals surface area contributed by atoms with Gasteiger partial charge < -0.3 is 5.73 Å². The van der Waals surface area contributed by atoms with Gasteiger partial charge in [0.05, 0.1) is 12.3 Å². The van der Waals surface area contributed by atoms with Gasteiger partial charge in [0.15, 0.2) is 0 Å². The van der Waals surface area contributed by atoms with Gasteiger partial charge in [0.25, 0.3) is 0 Å². The fourth-order valence-electron chi connectivity index (χ4n) is 1.34. The zero-order valence-electron chi connectivity index (χ0n) is 8.26. The van der Waals surface area contributed by atoms with Gasteiger partial charge in [0, 0.05) is 15.7 Å². The van der Waals surface area contributed by atoms with Gasteiger partial charge in [-0.25, -0.2) is 4.68 Å². The number of benzene rings is 1. The largest absolute Gasteiger partial charge is 0.399 e. The maximum atomic E-state index is 8.52. The Morgan fingerprint density at radius 3 is 2.94 bits per heavy atom. The highest BCUT2D eigenvalue weighted by atomic mass is 79.9. The number of halogens is 1. The van der Waals surface area contributed by atoms with E-state index in [4.69, 9.17) is 11.0 Å². The molecule has 0 spiro atoms. The van der Waals surface area contributed by atoms with Crippen LogP contribution in [0.5, 0.6) is 0 Å². The van der Waals surface area contributed by atoms with Crippen molar-refractivity contribution in [2.75, 3.05) is 5.73 Å². The van der Waals surface area contributed by atoms with Crippen LogP contribution in [-0.4, -0.2) is 15.0 Å². The van der Waals surface area contributed by atoms with Gasteiger partial charge in [0.1, 0.15) is 12.2 Å². The quantitative estimate of drug-likeness (QED) is 0.849. The number of rotatable bonds is 2. The molecule has 0 aliphatic rings. The number of hydrogen-bond donors (Lipinski definition) is 1. The van der Waals surface area contributed by atoms with Crippen molar-refractivity contribution in [1.29, 1.82) is 5.26 Å². The Kier molecular flexibility index (Phi) is 2.88. The number of hydrogen-bond acceptors (Lipinski definition) is 4. The van der Waals surface area contributed by atoms with Crippen LogP contribution in [0.25, 0.3) is 11.3 Å². The summed E-state index contributed by atoms with van der Waals surface area (Å²) in [6.07, 6.45) is 1.71. The number of nitriles is 1. The van der Waals surface area contributed by atoms with E-state index in [2.05, 4.69) is 26.2 Å². The van der Waals surface area contributed by atoms with Gasteiger partial charge in [-0.3, -0.25) is 0 Å². The van der Waals surface area contributed by atoms with Crippen LogP contribution in [0.3, 0.4) is 0 Å². The van der Waals surface area contributed by atoms with Crippen LogP contribution < -0.4 is 5.73 Å². The Morgan fingerprint density at radius 2 is 2.25 bits per heavy atom. The second kappa shape index (κ2) is 4.33. The van der Waals surface area contributed by atoms with Crippen molar-refractivity contribution in [3.05, 3.63) is 28.9 Å². The SMILES string of the molecule is N#CCn1cc(-c2cc(N)cc(Br)c2)nn1. The summed E-state index contributed by atoms with van der Waals surface area (Å²) in [5.41, 5.74) is 7.95. The fraction of sp³-hybridized carbons (Fsp3) is 0.100. The minimum absolute atomic E-state index is 0.191. The van der Waals surface area contributed by atoms with Crippen molar-refractivity contribution in [2.24, 2.45) is 0 Å². The van der Waals surface area contributed by atoms with Crippen molar-refractivity contribution in [1.82, 2.24) is 15.0 Å². The van der Waals surface area contributed by atoms with Crippen LogP contribution in [0.1, 0.15) is 0 Å². The molecule has 5 nitrogen and oxygen atoms in total. The Bertz CT molecular complexity index is 534. The Balaban J connectivity index is 2.39. The third-order valence-electron chi connectivity index (χ3n) is 1.99. The number of nitrogens with two attached hydrogens (primary N) is 1. The van der Waals surface area contributed by atoms with Crippen LogP contribution in [0.15, 0.2) is 28.9 Å². The molecule has 2 rings (SSSR count). The topological polar surface area (TPSA) is 80.5 Å². The lowest BCUT2D eigenvalue weighted by molar-refractivity contribution is 0.668. The van der Waals surface area contributed by atoms with E-state index in [9.17, 15) is 0 Å². The summed E-state index contributed by atoms with van der Waals surface area (Å²) in [5, 5.41) is 16.3. The van der Waals surface area contributed by atoms with Crippen LogP contribution >= 0.6 is 15.9 Å². The average molecular weight is 278 g/mol. The number of nitrogen functional groups attached to an aromatic ring is 1. The molecule has 1 aromatic carbocycles. The standard InChI is InChI=1S/C10H8BrN5/c11-8-3-7(4-9(13)5-8)10-6-16(2-1-12)15-14-10/h3-6H,2,13H2. The molecule has 0 radical (unpaired) electrons. The molecule has 1 aromatic heterocycles. The van der Waals surface area contributed by atoms with Crippen molar-refractivity contribution in [3.63, 3.8) is 0 Å². The summed E-state index contributed by atoms with van der Waals surface area (Å²) in [5.74, 6) is 0. The number of aromatic nitrogens is 3. The van der Waals surface area contributed by atoms with Gasteiger partial charge in [-0.15, -0.1) is 5.10 Å². The maximum Gasteiger partial charge on any atom is 0.129 e. The Hall–Kier alpha value is -1.87. The zero-order valence-corrected chi connectivity index (χ0v) is 9.85. The molecule has 6 heteroatoms. The molecule has 0 amide bonds. The summed E-state index contributed by atoms with van der Waals surface area (Å²) in [7, 11) is 0. The minimum Gasteiger partial charge on any atom is -0.399 e. The van der Waals surface area contributed by atoms with Gasteiger partial charge in [0.2, 0.25) is 0 Å². The third kappa shape index (κ3) is 2.20. The molecule has 2 aromatic rings. The molecule has 0 unspecified atom stereocenters.